The fraction of sp³-hybridized carbons (Fsp3) is 0.424. The molecule has 3 aromatic rings. The van der Waals surface area contributed by atoms with Crippen molar-refractivity contribution in [1.82, 2.24) is 4.98 Å². The number of aryl methyl sites for hydroxylation is 1. The number of hydrogen-bond acceptors (Lipinski definition) is 5. The molecule has 6 nitrogen and oxygen atoms in total. The lowest BCUT2D eigenvalue weighted by molar-refractivity contribution is -0.154. The third-order valence-electron chi connectivity index (χ3n) is 7.46. The topological polar surface area (TPSA) is 88.5 Å². The molecule has 2 aromatic carbocycles. The maximum absolute atomic E-state index is 13.8. The standard InChI is InChI=1S/C33H40N2O4/c1-22-24(16-17-30(37)39-33(2,3)4)10-7-11-29(22)35-32(38)31(26-8-5-6-9-26)27-14-12-25(13-15-27)28-18-23(21-36)19-34-20-28/h7,10-15,18-20,26,31,36H,5-6,8-9,16-17,21H2,1-4H3,(H,35,38)/t31-/m1/s1. The number of aromatic nitrogens is 1. The second-order valence-electron chi connectivity index (χ2n) is 11.5. The molecule has 0 spiro atoms. The zero-order chi connectivity index (χ0) is 28.0. The van der Waals surface area contributed by atoms with Crippen LogP contribution < -0.4 is 5.32 Å². The first-order chi connectivity index (χ1) is 18.6. The molecular weight excluding hydrogens is 488 g/mol. The molecule has 1 aromatic heterocycles. The van der Waals surface area contributed by atoms with Crippen LogP contribution in [-0.4, -0.2) is 27.6 Å². The lowest BCUT2D eigenvalue weighted by Crippen LogP contribution is -2.27. The molecule has 1 amide bonds. The summed E-state index contributed by atoms with van der Waals surface area (Å²) in [6.45, 7) is 7.55. The molecular formula is C33H40N2O4. The summed E-state index contributed by atoms with van der Waals surface area (Å²) in [5.41, 5.74) is 6.00. The van der Waals surface area contributed by atoms with Gasteiger partial charge in [0.1, 0.15) is 5.60 Å². The molecule has 206 valence electrons. The maximum atomic E-state index is 13.8. The zero-order valence-electron chi connectivity index (χ0n) is 23.5. The van der Waals surface area contributed by atoms with Crippen LogP contribution in [0.25, 0.3) is 11.1 Å². The normalized spacial score (nSPS) is 14.7. The summed E-state index contributed by atoms with van der Waals surface area (Å²) in [5.74, 6) is -0.162. The molecule has 0 radical (unpaired) electrons. The molecule has 1 fully saturated rings. The van der Waals surface area contributed by atoms with E-state index in [0.29, 0.717) is 18.8 Å². The van der Waals surface area contributed by atoms with Gasteiger partial charge in [0.05, 0.1) is 12.5 Å². The largest absolute Gasteiger partial charge is 0.460 e. The van der Waals surface area contributed by atoms with Crippen molar-refractivity contribution in [2.75, 3.05) is 5.32 Å². The van der Waals surface area contributed by atoms with Crippen LogP contribution in [0.5, 0.6) is 0 Å². The highest BCUT2D eigenvalue weighted by Gasteiger charge is 2.32. The number of ether oxygens (including phenoxy) is 1. The Morgan fingerprint density at radius 3 is 2.44 bits per heavy atom. The van der Waals surface area contributed by atoms with E-state index in [2.05, 4.69) is 10.3 Å². The Kier molecular flexibility index (Phi) is 9.18. The van der Waals surface area contributed by atoms with Gasteiger partial charge in [-0.1, -0.05) is 49.2 Å². The molecule has 1 aliphatic carbocycles. The second kappa shape index (κ2) is 12.6. The Hall–Kier alpha value is -3.51. The van der Waals surface area contributed by atoms with Gasteiger partial charge in [0.25, 0.3) is 0 Å². The van der Waals surface area contributed by atoms with Crippen LogP contribution in [0.2, 0.25) is 0 Å². The number of aliphatic hydroxyl groups excluding tert-OH is 1. The van der Waals surface area contributed by atoms with E-state index in [9.17, 15) is 14.7 Å². The lowest BCUT2D eigenvalue weighted by atomic mass is 9.83. The molecule has 39 heavy (non-hydrogen) atoms. The minimum absolute atomic E-state index is 0.00554. The van der Waals surface area contributed by atoms with E-state index in [4.69, 9.17) is 4.74 Å². The molecule has 0 bridgehead atoms. The predicted octanol–water partition coefficient (Wildman–Crippen LogP) is 6.74. The van der Waals surface area contributed by atoms with Gasteiger partial charge >= 0.3 is 5.97 Å². The van der Waals surface area contributed by atoms with E-state index in [-0.39, 0.29) is 24.4 Å². The number of nitrogens with zero attached hydrogens (tertiary/aromatic N) is 1. The van der Waals surface area contributed by atoms with Gasteiger partial charge in [-0.05, 0) is 92.8 Å². The number of anilines is 1. The Bertz CT molecular complexity index is 1290. The van der Waals surface area contributed by atoms with E-state index in [1.165, 1.54) is 0 Å². The van der Waals surface area contributed by atoms with Crippen LogP contribution in [0.3, 0.4) is 0 Å². The van der Waals surface area contributed by atoms with Gasteiger partial charge in [-0.15, -0.1) is 0 Å². The molecule has 0 saturated heterocycles. The quantitative estimate of drug-likeness (QED) is 0.300. The molecule has 6 heteroatoms. The zero-order valence-corrected chi connectivity index (χ0v) is 23.5. The number of nitrogens with one attached hydrogen (secondary N) is 1. The van der Waals surface area contributed by atoms with Crippen LogP contribution in [0, 0.1) is 12.8 Å². The summed E-state index contributed by atoms with van der Waals surface area (Å²) in [7, 11) is 0. The van der Waals surface area contributed by atoms with Crippen molar-refractivity contribution in [3.63, 3.8) is 0 Å². The fourth-order valence-corrected chi connectivity index (χ4v) is 5.47. The molecule has 1 atom stereocenters. The number of carbonyl (C=O) groups excluding carboxylic acids is 2. The van der Waals surface area contributed by atoms with E-state index in [1.807, 2.05) is 76.2 Å². The summed E-state index contributed by atoms with van der Waals surface area (Å²) in [6.07, 6.45) is 8.67. The third kappa shape index (κ3) is 7.54. The molecule has 1 aliphatic rings. The van der Waals surface area contributed by atoms with E-state index in [1.54, 1.807) is 12.4 Å². The van der Waals surface area contributed by atoms with E-state index in [0.717, 1.165) is 64.8 Å². The molecule has 1 heterocycles. The first-order valence-corrected chi connectivity index (χ1v) is 13.9. The summed E-state index contributed by atoms with van der Waals surface area (Å²) in [4.78, 5) is 30.3. The number of pyridine rings is 1. The van der Waals surface area contributed by atoms with Gasteiger partial charge in [-0.3, -0.25) is 14.6 Å². The predicted molar refractivity (Wildman–Crippen MR) is 154 cm³/mol. The van der Waals surface area contributed by atoms with E-state index < -0.39 is 5.60 Å². The van der Waals surface area contributed by atoms with Crippen molar-refractivity contribution in [3.05, 3.63) is 83.2 Å². The number of benzene rings is 2. The van der Waals surface area contributed by atoms with Crippen molar-refractivity contribution in [2.45, 2.75) is 84.3 Å². The SMILES string of the molecule is Cc1c(CCC(=O)OC(C)(C)C)cccc1NC(=O)[C@@H](c1ccc(-c2cncc(CO)c2)cc1)C1CCCC1. The number of esters is 1. The highest BCUT2D eigenvalue weighted by molar-refractivity contribution is 5.97. The number of hydrogen-bond donors (Lipinski definition) is 2. The number of aliphatic hydroxyl groups is 1. The van der Waals surface area contributed by atoms with Gasteiger partial charge in [-0.25, -0.2) is 0 Å². The highest BCUT2D eigenvalue weighted by Crippen LogP contribution is 2.39. The minimum Gasteiger partial charge on any atom is -0.460 e. The molecule has 4 rings (SSSR count). The maximum Gasteiger partial charge on any atom is 0.306 e. The van der Waals surface area contributed by atoms with Crippen LogP contribution in [-0.2, 0) is 27.4 Å². The van der Waals surface area contributed by atoms with Crippen molar-refractivity contribution >= 4 is 17.6 Å². The number of amides is 1. The summed E-state index contributed by atoms with van der Waals surface area (Å²) in [6, 6.07) is 16.0. The van der Waals surface area contributed by atoms with Gasteiger partial charge in [0.15, 0.2) is 0 Å². The van der Waals surface area contributed by atoms with Gasteiger partial charge in [-0.2, -0.15) is 0 Å². The average molecular weight is 529 g/mol. The first kappa shape index (κ1) is 28.5. The number of carbonyl (C=O) groups is 2. The first-order valence-electron chi connectivity index (χ1n) is 13.9. The Labute approximate surface area is 231 Å². The summed E-state index contributed by atoms with van der Waals surface area (Å²) in [5, 5.41) is 12.7. The van der Waals surface area contributed by atoms with Crippen LogP contribution in [0.15, 0.2) is 60.9 Å². The molecule has 0 aliphatic heterocycles. The Balaban J connectivity index is 1.52. The van der Waals surface area contributed by atoms with Gasteiger partial charge < -0.3 is 15.2 Å². The fourth-order valence-electron chi connectivity index (χ4n) is 5.47. The van der Waals surface area contributed by atoms with Crippen molar-refractivity contribution in [2.24, 2.45) is 5.92 Å². The lowest BCUT2D eigenvalue weighted by Gasteiger charge is -2.24. The van der Waals surface area contributed by atoms with Crippen LogP contribution in [0.1, 0.15) is 81.0 Å². The van der Waals surface area contributed by atoms with E-state index >= 15 is 0 Å². The summed E-state index contributed by atoms with van der Waals surface area (Å²) < 4.78 is 5.46. The summed E-state index contributed by atoms with van der Waals surface area (Å²) >= 11 is 0. The number of rotatable bonds is 9. The average Bonchev–Trinajstić information content (AvgIpc) is 3.43. The van der Waals surface area contributed by atoms with Crippen molar-refractivity contribution < 1.29 is 19.4 Å². The van der Waals surface area contributed by atoms with Gasteiger partial charge in [0, 0.05) is 30.1 Å². The van der Waals surface area contributed by atoms with Crippen LogP contribution >= 0.6 is 0 Å². The second-order valence-corrected chi connectivity index (χ2v) is 11.5. The monoisotopic (exact) mass is 528 g/mol. The molecule has 1 saturated carbocycles. The van der Waals surface area contributed by atoms with Crippen molar-refractivity contribution in [1.29, 1.82) is 0 Å². The Morgan fingerprint density at radius 1 is 1.05 bits per heavy atom. The molecule has 0 unspecified atom stereocenters. The smallest absolute Gasteiger partial charge is 0.306 e. The van der Waals surface area contributed by atoms with Crippen LogP contribution in [0.4, 0.5) is 5.69 Å². The minimum atomic E-state index is -0.504. The highest BCUT2D eigenvalue weighted by atomic mass is 16.6. The molecule has 2 N–H and O–H groups in total. The van der Waals surface area contributed by atoms with Gasteiger partial charge in [0.2, 0.25) is 5.91 Å². The van der Waals surface area contributed by atoms with Crippen molar-refractivity contribution in [3.8, 4) is 11.1 Å². The Morgan fingerprint density at radius 2 is 1.77 bits per heavy atom. The third-order valence-corrected chi connectivity index (χ3v) is 7.46.